The fraction of sp³-hybridized carbons (Fsp3) is 0.200. The zero-order chi connectivity index (χ0) is 13.4. The minimum Gasteiger partial charge on any atom is -0.505 e. The third-order valence-electron chi connectivity index (χ3n) is 3.35. The monoisotopic (exact) mass is 259 g/mol. The SMILES string of the molecule is NC[C@H]1Cc2cccc(-c3ccc(O)c(F)c3)c2O1. The lowest BCUT2D eigenvalue weighted by Gasteiger charge is -2.11. The van der Waals surface area contributed by atoms with E-state index in [-0.39, 0.29) is 11.9 Å². The van der Waals surface area contributed by atoms with Crippen molar-refractivity contribution in [1.82, 2.24) is 0 Å². The fourth-order valence-corrected chi connectivity index (χ4v) is 2.37. The maximum absolute atomic E-state index is 13.4. The van der Waals surface area contributed by atoms with Crippen LogP contribution in [0.25, 0.3) is 11.1 Å². The first-order valence-corrected chi connectivity index (χ1v) is 6.16. The molecule has 3 nitrogen and oxygen atoms in total. The van der Waals surface area contributed by atoms with E-state index in [1.807, 2.05) is 18.2 Å². The van der Waals surface area contributed by atoms with Crippen LogP contribution < -0.4 is 10.5 Å². The summed E-state index contributed by atoms with van der Waals surface area (Å²) in [4.78, 5) is 0. The summed E-state index contributed by atoms with van der Waals surface area (Å²) < 4.78 is 19.3. The predicted octanol–water partition coefficient (Wildman–Crippen LogP) is 2.46. The number of nitrogens with two attached hydrogens (primary N) is 1. The Bertz CT molecular complexity index is 628. The van der Waals surface area contributed by atoms with Crippen LogP contribution in [0.1, 0.15) is 5.56 Å². The average molecular weight is 259 g/mol. The molecular weight excluding hydrogens is 245 g/mol. The van der Waals surface area contributed by atoms with Gasteiger partial charge in [0.2, 0.25) is 0 Å². The van der Waals surface area contributed by atoms with Gasteiger partial charge in [-0.05, 0) is 23.3 Å². The lowest BCUT2D eigenvalue weighted by Crippen LogP contribution is -2.24. The van der Waals surface area contributed by atoms with Crippen molar-refractivity contribution in [1.29, 1.82) is 0 Å². The number of hydrogen-bond acceptors (Lipinski definition) is 3. The summed E-state index contributed by atoms with van der Waals surface area (Å²) in [6, 6.07) is 10.1. The van der Waals surface area contributed by atoms with Gasteiger partial charge in [0.15, 0.2) is 11.6 Å². The van der Waals surface area contributed by atoms with Gasteiger partial charge in [0.25, 0.3) is 0 Å². The average Bonchev–Trinajstić information content (AvgIpc) is 2.85. The molecule has 0 aliphatic carbocycles. The van der Waals surface area contributed by atoms with Crippen molar-refractivity contribution in [2.45, 2.75) is 12.5 Å². The number of para-hydroxylation sites is 1. The molecule has 1 aliphatic heterocycles. The number of halogens is 1. The van der Waals surface area contributed by atoms with Crippen LogP contribution in [0.4, 0.5) is 4.39 Å². The van der Waals surface area contributed by atoms with Crippen molar-refractivity contribution < 1.29 is 14.2 Å². The fourth-order valence-electron chi connectivity index (χ4n) is 2.37. The predicted molar refractivity (Wildman–Crippen MR) is 70.7 cm³/mol. The summed E-state index contributed by atoms with van der Waals surface area (Å²) in [6.07, 6.45) is 0.762. The van der Waals surface area contributed by atoms with Crippen LogP contribution >= 0.6 is 0 Å². The highest BCUT2D eigenvalue weighted by Gasteiger charge is 2.24. The van der Waals surface area contributed by atoms with Crippen molar-refractivity contribution >= 4 is 0 Å². The summed E-state index contributed by atoms with van der Waals surface area (Å²) in [5, 5.41) is 9.24. The maximum Gasteiger partial charge on any atom is 0.165 e. The van der Waals surface area contributed by atoms with Crippen molar-refractivity contribution in [2.24, 2.45) is 5.73 Å². The Kier molecular flexibility index (Phi) is 2.87. The standard InChI is InChI=1S/C15H14FNO2/c16-13-7-9(4-5-14(13)18)12-3-1-2-10-6-11(8-17)19-15(10)12/h1-5,7,11,18H,6,8,17H2/t11-/m1/s1. The quantitative estimate of drug-likeness (QED) is 0.871. The summed E-state index contributed by atoms with van der Waals surface area (Å²) in [6.45, 7) is 0.456. The number of aromatic hydroxyl groups is 1. The number of rotatable bonds is 2. The third kappa shape index (κ3) is 2.04. The van der Waals surface area contributed by atoms with Crippen LogP contribution in [0.15, 0.2) is 36.4 Å². The summed E-state index contributed by atoms with van der Waals surface area (Å²) in [5.41, 5.74) is 8.22. The van der Waals surface area contributed by atoms with Gasteiger partial charge in [-0.1, -0.05) is 24.3 Å². The third-order valence-corrected chi connectivity index (χ3v) is 3.35. The Balaban J connectivity index is 2.07. The molecular formula is C15H14FNO2. The van der Waals surface area contributed by atoms with Gasteiger partial charge in [-0.3, -0.25) is 0 Å². The van der Waals surface area contributed by atoms with E-state index in [1.54, 1.807) is 6.07 Å². The largest absolute Gasteiger partial charge is 0.505 e. The van der Waals surface area contributed by atoms with Crippen LogP contribution in [0.5, 0.6) is 11.5 Å². The number of phenolic OH excluding ortho intramolecular Hbond substituents is 1. The van der Waals surface area contributed by atoms with E-state index in [0.29, 0.717) is 12.1 Å². The number of fused-ring (bicyclic) bond motifs is 1. The molecule has 0 fully saturated rings. The Morgan fingerprint density at radius 3 is 2.89 bits per heavy atom. The minimum absolute atomic E-state index is 0.0156. The molecule has 3 rings (SSSR count). The Morgan fingerprint density at radius 1 is 1.32 bits per heavy atom. The van der Waals surface area contributed by atoms with E-state index in [4.69, 9.17) is 10.5 Å². The number of ether oxygens (including phenoxy) is 1. The zero-order valence-electron chi connectivity index (χ0n) is 10.3. The summed E-state index contributed by atoms with van der Waals surface area (Å²) in [7, 11) is 0. The van der Waals surface area contributed by atoms with Crippen LogP contribution in [0.3, 0.4) is 0 Å². The number of benzene rings is 2. The van der Waals surface area contributed by atoms with Crippen LogP contribution in [0.2, 0.25) is 0 Å². The minimum atomic E-state index is -0.636. The first-order chi connectivity index (χ1) is 9.19. The first kappa shape index (κ1) is 12.0. The molecule has 2 aromatic carbocycles. The smallest absolute Gasteiger partial charge is 0.165 e. The molecule has 0 saturated heterocycles. The topological polar surface area (TPSA) is 55.5 Å². The lowest BCUT2D eigenvalue weighted by molar-refractivity contribution is 0.242. The highest BCUT2D eigenvalue weighted by molar-refractivity contribution is 5.73. The number of phenols is 1. The molecule has 1 atom stereocenters. The molecule has 0 aromatic heterocycles. The van der Waals surface area contributed by atoms with Gasteiger partial charge >= 0.3 is 0 Å². The van der Waals surface area contributed by atoms with Gasteiger partial charge in [0, 0.05) is 18.5 Å². The van der Waals surface area contributed by atoms with Gasteiger partial charge in [-0.25, -0.2) is 4.39 Å². The summed E-state index contributed by atoms with van der Waals surface area (Å²) in [5.74, 6) is -0.219. The van der Waals surface area contributed by atoms with Gasteiger partial charge in [0.05, 0.1) is 0 Å². The molecule has 4 heteroatoms. The van der Waals surface area contributed by atoms with Gasteiger partial charge in [0.1, 0.15) is 11.9 Å². The Labute approximate surface area is 110 Å². The van der Waals surface area contributed by atoms with Gasteiger partial charge < -0.3 is 15.6 Å². The molecule has 0 saturated carbocycles. The first-order valence-electron chi connectivity index (χ1n) is 6.16. The molecule has 3 N–H and O–H groups in total. The molecule has 19 heavy (non-hydrogen) atoms. The molecule has 2 aromatic rings. The summed E-state index contributed by atoms with van der Waals surface area (Å²) >= 11 is 0. The number of hydrogen-bond donors (Lipinski definition) is 2. The van der Waals surface area contributed by atoms with Gasteiger partial charge in [-0.15, -0.1) is 0 Å². The molecule has 0 amide bonds. The zero-order valence-corrected chi connectivity index (χ0v) is 10.3. The molecule has 98 valence electrons. The van der Waals surface area contributed by atoms with E-state index in [2.05, 4.69) is 0 Å². The van der Waals surface area contributed by atoms with Crippen molar-refractivity contribution in [3.05, 3.63) is 47.8 Å². The molecule has 0 bridgehead atoms. The van der Waals surface area contributed by atoms with Crippen molar-refractivity contribution in [3.63, 3.8) is 0 Å². The molecule has 0 unspecified atom stereocenters. The second-order valence-corrected chi connectivity index (χ2v) is 4.64. The second kappa shape index (κ2) is 4.55. The van der Waals surface area contributed by atoms with E-state index in [1.165, 1.54) is 12.1 Å². The normalized spacial score (nSPS) is 17.1. The Hall–Kier alpha value is -2.07. The second-order valence-electron chi connectivity index (χ2n) is 4.64. The molecule has 1 heterocycles. The van der Waals surface area contributed by atoms with E-state index >= 15 is 0 Å². The highest BCUT2D eigenvalue weighted by Crippen LogP contribution is 2.39. The highest BCUT2D eigenvalue weighted by atomic mass is 19.1. The molecule has 0 spiro atoms. The van der Waals surface area contributed by atoms with Crippen LogP contribution in [-0.2, 0) is 6.42 Å². The van der Waals surface area contributed by atoms with Crippen LogP contribution in [0, 0.1) is 5.82 Å². The van der Waals surface area contributed by atoms with E-state index in [9.17, 15) is 9.50 Å². The van der Waals surface area contributed by atoms with Crippen LogP contribution in [-0.4, -0.2) is 17.8 Å². The maximum atomic E-state index is 13.4. The Morgan fingerprint density at radius 2 is 2.16 bits per heavy atom. The molecule has 1 aliphatic rings. The lowest BCUT2D eigenvalue weighted by atomic mass is 10.0. The van der Waals surface area contributed by atoms with Gasteiger partial charge in [-0.2, -0.15) is 0 Å². The van der Waals surface area contributed by atoms with E-state index in [0.717, 1.165) is 23.3 Å². The van der Waals surface area contributed by atoms with Crippen molar-refractivity contribution in [3.8, 4) is 22.6 Å². The van der Waals surface area contributed by atoms with E-state index < -0.39 is 5.82 Å². The molecule has 0 radical (unpaired) electrons. The van der Waals surface area contributed by atoms with Crippen molar-refractivity contribution in [2.75, 3.05) is 6.54 Å².